The summed E-state index contributed by atoms with van der Waals surface area (Å²) in [6, 6.07) is 28.0. The van der Waals surface area contributed by atoms with E-state index in [9.17, 15) is 0 Å². The zero-order valence-electron chi connectivity index (χ0n) is 30.1. The van der Waals surface area contributed by atoms with E-state index in [0.29, 0.717) is 0 Å². The summed E-state index contributed by atoms with van der Waals surface area (Å²) in [7, 11) is 1.71. The van der Waals surface area contributed by atoms with Crippen LogP contribution >= 0.6 is 0 Å². The Morgan fingerprint density at radius 2 is 1.02 bits per heavy atom. The molecule has 0 aliphatic carbocycles. The maximum absolute atomic E-state index is 5.73. The van der Waals surface area contributed by atoms with Gasteiger partial charge in [-0.3, -0.25) is 9.13 Å². The van der Waals surface area contributed by atoms with E-state index in [1.54, 1.807) is 19.5 Å². The normalized spacial score (nSPS) is 12.1. The Kier molecular flexibility index (Phi) is 8.39. The summed E-state index contributed by atoms with van der Waals surface area (Å²) in [5, 5.41) is 7.92. The molecule has 7 nitrogen and oxygen atoms in total. The van der Waals surface area contributed by atoms with Crippen molar-refractivity contribution in [2.24, 2.45) is 5.10 Å². The van der Waals surface area contributed by atoms with Crippen LogP contribution in [-0.4, -0.2) is 30.9 Å². The maximum atomic E-state index is 5.73. The molecule has 250 valence electrons. The number of fused-ring (bicyclic) bond motifs is 4. The van der Waals surface area contributed by atoms with E-state index < -0.39 is 0 Å². The molecule has 0 fully saturated rings. The van der Waals surface area contributed by atoms with Crippen LogP contribution in [0.4, 0.5) is 0 Å². The number of methoxy groups -OCH3 is 1. The first-order valence-electron chi connectivity index (χ1n) is 17.4. The van der Waals surface area contributed by atoms with Crippen LogP contribution < -0.4 is 10.4 Å². The van der Waals surface area contributed by atoms with E-state index in [1.165, 1.54) is 22.3 Å². The van der Waals surface area contributed by atoms with Crippen LogP contribution in [0.3, 0.4) is 0 Å². The third kappa shape index (κ3) is 5.32. The van der Waals surface area contributed by atoms with E-state index in [0.717, 1.165) is 55.8 Å². The molecule has 49 heavy (non-hydrogen) atoms. The molecular formula is C42H46N6O. The summed E-state index contributed by atoms with van der Waals surface area (Å²) in [4.78, 5) is 10.2. The largest absolute Gasteiger partial charge is 0.497 e. The monoisotopic (exact) mass is 650 g/mol. The molecule has 0 amide bonds. The molecule has 0 unspecified atom stereocenters. The summed E-state index contributed by atoms with van der Waals surface area (Å²) >= 11 is 0. The highest BCUT2D eigenvalue weighted by atomic mass is 16.5. The van der Waals surface area contributed by atoms with Crippen LogP contribution in [0.2, 0.25) is 0 Å². The van der Waals surface area contributed by atoms with Crippen molar-refractivity contribution in [2.45, 2.75) is 79.1 Å². The van der Waals surface area contributed by atoms with Gasteiger partial charge in [0.2, 0.25) is 5.62 Å². The van der Waals surface area contributed by atoms with Gasteiger partial charge < -0.3 is 4.74 Å². The second-order valence-corrected chi connectivity index (χ2v) is 14.2. The quantitative estimate of drug-likeness (QED) is 0.164. The predicted octanol–water partition coefficient (Wildman–Crippen LogP) is 10.2. The lowest BCUT2D eigenvalue weighted by atomic mass is 9.92. The van der Waals surface area contributed by atoms with Gasteiger partial charge in [0.15, 0.2) is 11.3 Å². The first kappa shape index (κ1) is 32.4. The van der Waals surface area contributed by atoms with Crippen LogP contribution in [0.25, 0.3) is 44.5 Å². The molecule has 4 aromatic carbocycles. The standard InChI is InChI=1S/C42H46N6O/c1-25(2)30-15-12-16-31(26(3)4)38(30)46-40-41(44-23-22-43-40)47(39-32(27(5)6)17-13-18-33(39)28(7)8)42(46)45-48-36-19-11-10-14-34(36)35-24-29(49-9)20-21-37(35)48/h10-28H,1-9H3. The van der Waals surface area contributed by atoms with Crippen LogP contribution in [0.1, 0.15) is 101 Å². The lowest BCUT2D eigenvalue weighted by Crippen LogP contribution is -2.29. The molecule has 0 N–H and O–H groups in total. The molecule has 3 heterocycles. The average molecular weight is 651 g/mol. The van der Waals surface area contributed by atoms with Crippen molar-refractivity contribution in [2.75, 3.05) is 7.11 Å². The van der Waals surface area contributed by atoms with Gasteiger partial charge in [0.05, 0.1) is 29.5 Å². The molecule has 0 atom stereocenters. The fraction of sp³-hybridized carbons (Fsp3) is 0.310. The second kappa shape index (κ2) is 12.7. The SMILES string of the molecule is COc1ccc2c(c1)c1ccccc1n2N=c1n(-c2c(C(C)C)cccc2C(C)C)c2nccnc2n1-c1c(C(C)C)cccc1C(C)C. The Labute approximate surface area is 288 Å². The van der Waals surface area contributed by atoms with Crippen LogP contribution in [-0.2, 0) is 0 Å². The number of nitrogens with zero attached hydrogens (tertiary/aromatic N) is 6. The number of benzene rings is 4. The molecule has 0 saturated carbocycles. The highest BCUT2D eigenvalue weighted by molar-refractivity contribution is 6.08. The maximum Gasteiger partial charge on any atom is 0.240 e. The molecule has 0 radical (unpaired) electrons. The topological polar surface area (TPSA) is 62.2 Å². The predicted molar refractivity (Wildman–Crippen MR) is 202 cm³/mol. The van der Waals surface area contributed by atoms with Gasteiger partial charge in [-0.25, -0.2) is 14.6 Å². The number of para-hydroxylation sites is 3. The number of aromatic nitrogens is 5. The molecule has 7 heteroatoms. The van der Waals surface area contributed by atoms with Gasteiger partial charge in [-0.15, -0.1) is 5.10 Å². The highest BCUT2D eigenvalue weighted by Crippen LogP contribution is 2.36. The fourth-order valence-corrected chi connectivity index (χ4v) is 7.22. The molecule has 0 aliphatic rings. The van der Waals surface area contributed by atoms with Gasteiger partial charge in [-0.05, 0) is 70.2 Å². The number of hydrogen-bond acceptors (Lipinski definition) is 4. The van der Waals surface area contributed by atoms with Gasteiger partial charge in [0.1, 0.15) is 5.75 Å². The third-order valence-corrected chi connectivity index (χ3v) is 9.66. The Morgan fingerprint density at radius 3 is 1.49 bits per heavy atom. The van der Waals surface area contributed by atoms with Crippen LogP contribution in [0.15, 0.2) is 96.4 Å². The van der Waals surface area contributed by atoms with Gasteiger partial charge in [-0.1, -0.05) is 110 Å². The zero-order valence-corrected chi connectivity index (χ0v) is 30.1. The minimum Gasteiger partial charge on any atom is -0.497 e. The summed E-state index contributed by atoms with van der Waals surface area (Å²) in [6.07, 6.45) is 3.59. The highest BCUT2D eigenvalue weighted by Gasteiger charge is 2.27. The minimum absolute atomic E-state index is 0.263. The average Bonchev–Trinajstić information content (AvgIpc) is 3.59. The Morgan fingerprint density at radius 1 is 0.551 bits per heavy atom. The summed E-state index contributed by atoms with van der Waals surface area (Å²) in [5.74, 6) is 1.86. The van der Waals surface area contributed by atoms with E-state index >= 15 is 0 Å². The molecule has 0 bridgehead atoms. The number of imidazole rings is 1. The van der Waals surface area contributed by atoms with Crippen LogP contribution in [0, 0.1) is 0 Å². The van der Waals surface area contributed by atoms with Gasteiger partial charge in [0.25, 0.3) is 0 Å². The third-order valence-electron chi connectivity index (χ3n) is 9.66. The van der Waals surface area contributed by atoms with E-state index in [-0.39, 0.29) is 23.7 Å². The van der Waals surface area contributed by atoms with Crippen molar-refractivity contribution in [3.05, 3.63) is 119 Å². The van der Waals surface area contributed by atoms with E-state index in [4.69, 9.17) is 19.8 Å². The first-order valence-corrected chi connectivity index (χ1v) is 17.4. The molecule has 0 aliphatic heterocycles. The summed E-state index contributed by atoms with van der Waals surface area (Å²) < 4.78 is 12.3. The number of ether oxygens (including phenoxy) is 1. The van der Waals surface area contributed by atoms with E-state index in [2.05, 4.69) is 142 Å². The van der Waals surface area contributed by atoms with Crippen molar-refractivity contribution in [3.8, 4) is 17.1 Å². The number of hydrogen-bond donors (Lipinski definition) is 0. The van der Waals surface area contributed by atoms with Crippen molar-refractivity contribution in [3.63, 3.8) is 0 Å². The lowest BCUT2D eigenvalue weighted by Gasteiger charge is -2.22. The second-order valence-electron chi connectivity index (χ2n) is 14.2. The number of rotatable bonds is 8. The molecule has 0 saturated heterocycles. The van der Waals surface area contributed by atoms with Crippen molar-refractivity contribution in [1.82, 2.24) is 23.8 Å². The first-order chi connectivity index (χ1) is 23.6. The van der Waals surface area contributed by atoms with Crippen LogP contribution in [0.5, 0.6) is 5.75 Å². The minimum atomic E-state index is 0.263. The van der Waals surface area contributed by atoms with Gasteiger partial charge in [0, 0.05) is 23.2 Å². The van der Waals surface area contributed by atoms with Crippen molar-refractivity contribution in [1.29, 1.82) is 0 Å². The van der Waals surface area contributed by atoms with Gasteiger partial charge >= 0.3 is 0 Å². The zero-order chi connectivity index (χ0) is 34.6. The molecule has 7 rings (SSSR count). The Hall–Kier alpha value is -5.17. The van der Waals surface area contributed by atoms with Crippen molar-refractivity contribution < 1.29 is 4.74 Å². The fourth-order valence-electron chi connectivity index (χ4n) is 7.22. The van der Waals surface area contributed by atoms with E-state index in [1.807, 2.05) is 6.07 Å². The van der Waals surface area contributed by atoms with Gasteiger partial charge in [-0.2, -0.15) is 0 Å². The molecular weight excluding hydrogens is 605 g/mol. The lowest BCUT2D eigenvalue weighted by molar-refractivity contribution is 0.415. The Bertz CT molecular complexity index is 2250. The Balaban J connectivity index is 1.78. The summed E-state index contributed by atoms with van der Waals surface area (Å²) in [6.45, 7) is 18.1. The molecule has 7 aromatic rings. The summed E-state index contributed by atoms with van der Waals surface area (Å²) in [5.41, 5.74) is 11.5. The molecule has 0 spiro atoms. The van der Waals surface area contributed by atoms with Crippen molar-refractivity contribution >= 4 is 33.1 Å². The smallest absolute Gasteiger partial charge is 0.240 e. The molecule has 3 aromatic heterocycles.